The van der Waals surface area contributed by atoms with Crippen molar-refractivity contribution in [3.05, 3.63) is 42.7 Å². The minimum absolute atomic E-state index is 0.248. The molecule has 6 nitrogen and oxygen atoms in total. The Bertz CT molecular complexity index is 783. The molecule has 2 N–H and O–H groups in total. The summed E-state index contributed by atoms with van der Waals surface area (Å²) < 4.78 is 4.60. The van der Waals surface area contributed by atoms with Crippen LogP contribution in [0.15, 0.2) is 42.7 Å². The van der Waals surface area contributed by atoms with Crippen LogP contribution in [0.25, 0.3) is 22.2 Å². The fraction of sp³-hybridized carbons (Fsp3) is 0.188. The molecular formula is C16H16N4O2. The average molecular weight is 296 g/mol. The van der Waals surface area contributed by atoms with E-state index in [1.54, 1.807) is 6.20 Å². The number of H-pyrrole nitrogens is 1. The largest absolute Gasteiger partial charge is 0.469 e. The molecule has 0 unspecified atom stereocenters. The highest BCUT2D eigenvalue weighted by atomic mass is 16.5. The molecule has 0 saturated carbocycles. The molecule has 0 aliphatic carbocycles. The Morgan fingerprint density at radius 1 is 1.32 bits per heavy atom. The number of carbonyl (C=O) groups is 1. The normalized spacial score (nSPS) is 10.6. The Hall–Kier alpha value is -2.89. The number of fused-ring (bicyclic) bond motifs is 1. The maximum absolute atomic E-state index is 11.1. The zero-order chi connectivity index (χ0) is 15.4. The fourth-order valence-electron chi connectivity index (χ4n) is 2.19. The number of esters is 1. The third-order valence-electron chi connectivity index (χ3n) is 3.33. The van der Waals surface area contributed by atoms with E-state index in [1.165, 1.54) is 7.11 Å². The number of hydrogen-bond acceptors (Lipinski definition) is 5. The fourth-order valence-corrected chi connectivity index (χ4v) is 2.19. The van der Waals surface area contributed by atoms with Crippen LogP contribution in [-0.4, -0.2) is 34.6 Å². The molecule has 0 radical (unpaired) electrons. The lowest BCUT2D eigenvalue weighted by Crippen LogP contribution is -2.10. The van der Waals surface area contributed by atoms with E-state index < -0.39 is 0 Å². The number of benzene rings is 1. The van der Waals surface area contributed by atoms with Crippen molar-refractivity contribution in [3.8, 4) is 11.1 Å². The van der Waals surface area contributed by atoms with Crippen molar-refractivity contribution in [2.75, 3.05) is 19.0 Å². The van der Waals surface area contributed by atoms with Crippen molar-refractivity contribution >= 4 is 23.0 Å². The molecule has 0 saturated heterocycles. The van der Waals surface area contributed by atoms with Gasteiger partial charge in [-0.2, -0.15) is 0 Å². The standard InChI is InChI=1S/C16H16N4O2/c1-22-15(21)6-8-18-16-19-13-5-4-11(9-14(13)20-16)12-3-2-7-17-10-12/h2-5,7,9-10H,6,8H2,1H3,(H2,18,19,20). The Morgan fingerprint density at radius 2 is 2.23 bits per heavy atom. The van der Waals surface area contributed by atoms with Crippen LogP contribution in [-0.2, 0) is 9.53 Å². The quantitative estimate of drug-likeness (QED) is 0.707. The van der Waals surface area contributed by atoms with Gasteiger partial charge in [0.05, 0.1) is 24.6 Å². The minimum Gasteiger partial charge on any atom is -0.469 e. The Kier molecular flexibility index (Phi) is 4.00. The lowest BCUT2D eigenvalue weighted by atomic mass is 10.1. The number of rotatable bonds is 5. The number of aromatic nitrogens is 3. The van der Waals surface area contributed by atoms with Crippen molar-refractivity contribution in [1.82, 2.24) is 15.0 Å². The molecule has 0 aliphatic rings. The van der Waals surface area contributed by atoms with Crippen molar-refractivity contribution in [2.24, 2.45) is 0 Å². The second kappa shape index (κ2) is 6.26. The Morgan fingerprint density at radius 3 is 3.00 bits per heavy atom. The smallest absolute Gasteiger partial charge is 0.307 e. The van der Waals surface area contributed by atoms with Gasteiger partial charge in [0, 0.05) is 24.5 Å². The molecule has 3 aromatic rings. The van der Waals surface area contributed by atoms with E-state index in [0.717, 1.165) is 22.2 Å². The lowest BCUT2D eigenvalue weighted by molar-refractivity contribution is -0.140. The van der Waals surface area contributed by atoms with Gasteiger partial charge < -0.3 is 15.0 Å². The zero-order valence-electron chi connectivity index (χ0n) is 12.2. The van der Waals surface area contributed by atoms with E-state index in [0.29, 0.717) is 18.9 Å². The summed E-state index contributed by atoms with van der Waals surface area (Å²) in [6.45, 7) is 0.474. The van der Waals surface area contributed by atoms with Crippen LogP contribution in [0.3, 0.4) is 0 Å². The van der Waals surface area contributed by atoms with Gasteiger partial charge in [-0.05, 0) is 23.8 Å². The van der Waals surface area contributed by atoms with Gasteiger partial charge in [0.15, 0.2) is 0 Å². The van der Waals surface area contributed by atoms with Crippen LogP contribution in [0.5, 0.6) is 0 Å². The molecule has 0 fully saturated rings. The molecule has 2 heterocycles. The SMILES string of the molecule is COC(=O)CCNc1nc2cc(-c3cccnc3)ccc2[nH]1. The second-order valence-electron chi connectivity index (χ2n) is 4.81. The Labute approximate surface area is 127 Å². The van der Waals surface area contributed by atoms with Crippen LogP contribution in [0, 0.1) is 0 Å². The summed E-state index contributed by atoms with van der Waals surface area (Å²) in [4.78, 5) is 22.9. The highest BCUT2D eigenvalue weighted by Crippen LogP contribution is 2.23. The summed E-state index contributed by atoms with van der Waals surface area (Å²) >= 11 is 0. The van der Waals surface area contributed by atoms with Gasteiger partial charge in [0.25, 0.3) is 0 Å². The van der Waals surface area contributed by atoms with Crippen molar-refractivity contribution in [1.29, 1.82) is 0 Å². The molecule has 6 heteroatoms. The van der Waals surface area contributed by atoms with E-state index >= 15 is 0 Å². The number of nitrogens with one attached hydrogen (secondary N) is 2. The van der Waals surface area contributed by atoms with E-state index in [2.05, 4.69) is 25.0 Å². The van der Waals surface area contributed by atoms with Crippen LogP contribution in [0.4, 0.5) is 5.95 Å². The molecule has 0 aliphatic heterocycles. The molecule has 3 rings (SSSR count). The number of ether oxygens (including phenoxy) is 1. The number of aromatic amines is 1. The summed E-state index contributed by atoms with van der Waals surface area (Å²) in [5.74, 6) is 0.393. The molecular weight excluding hydrogens is 280 g/mol. The first-order chi connectivity index (χ1) is 10.8. The molecule has 0 amide bonds. The topological polar surface area (TPSA) is 79.9 Å². The number of methoxy groups -OCH3 is 1. The predicted molar refractivity (Wildman–Crippen MR) is 84.4 cm³/mol. The molecule has 0 spiro atoms. The molecule has 2 aromatic heterocycles. The second-order valence-corrected chi connectivity index (χ2v) is 4.81. The van der Waals surface area contributed by atoms with Gasteiger partial charge in [0.2, 0.25) is 5.95 Å². The van der Waals surface area contributed by atoms with Crippen LogP contribution in [0.2, 0.25) is 0 Å². The lowest BCUT2D eigenvalue weighted by Gasteiger charge is -2.00. The number of hydrogen-bond donors (Lipinski definition) is 2. The predicted octanol–water partition coefficient (Wildman–Crippen LogP) is 2.60. The summed E-state index contributed by atoms with van der Waals surface area (Å²) in [5, 5.41) is 3.08. The summed E-state index contributed by atoms with van der Waals surface area (Å²) in [7, 11) is 1.38. The summed E-state index contributed by atoms with van der Waals surface area (Å²) in [6, 6.07) is 9.93. The molecule has 22 heavy (non-hydrogen) atoms. The van der Waals surface area contributed by atoms with Gasteiger partial charge in [-0.1, -0.05) is 12.1 Å². The molecule has 1 aromatic carbocycles. The van der Waals surface area contributed by atoms with E-state index in [1.807, 2.05) is 36.5 Å². The monoisotopic (exact) mass is 296 g/mol. The van der Waals surface area contributed by atoms with Crippen molar-refractivity contribution in [2.45, 2.75) is 6.42 Å². The first kappa shape index (κ1) is 14.1. The highest BCUT2D eigenvalue weighted by molar-refractivity contribution is 5.83. The van der Waals surface area contributed by atoms with E-state index in [4.69, 9.17) is 0 Å². The number of nitrogens with zero attached hydrogens (tertiary/aromatic N) is 2. The van der Waals surface area contributed by atoms with Gasteiger partial charge in [0.1, 0.15) is 0 Å². The van der Waals surface area contributed by atoms with E-state index in [9.17, 15) is 4.79 Å². The summed E-state index contributed by atoms with van der Waals surface area (Å²) in [5.41, 5.74) is 3.91. The number of carbonyl (C=O) groups excluding carboxylic acids is 1. The number of anilines is 1. The maximum Gasteiger partial charge on any atom is 0.307 e. The van der Waals surface area contributed by atoms with Crippen LogP contribution >= 0.6 is 0 Å². The first-order valence-corrected chi connectivity index (χ1v) is 6.97. The van der Waals surface area contributed by atoms with E-state index in [-0.39, 0.29) is 5.97 Å². The number of pyridine rings is 1. The Balaban J connectivity index is 1.77. The first-order valence-electron chi connectivity index (χ1n) is 6.97. The molecule has 0 bridgehead atoms. The van der Waals surface area contributed by atoms with Gasteiger partial charge >= 0.3 is 5.97 Å². The summed E-state index contributed by atoms with van der Waals surface area (Å²) in [6.07, 6.45) is 3.87. The molecule has 112 valence electrons. The minimum atomic E-state index is -0.248. The van der Waals surface area contributed by atoms with Crippen LogP contribution in [0.1, 0.15) is 6.42 Å². The highest BCUT2D eigenvalue weighted by Gasteiger charge is 2.06. The number of imidazole rings is 1. The average Bonchev–Trinajstić information content (AvgIpc) is 2.97. The third kappa shape index (κ3) is 3.06. The van der Waals surface area contributed by atoms with Gasteiger partial charge in [-0.15, -0.1) is 0 Å². The van der Waals surface area contributed by atoms with Crippen LogP contribution < -0.4 is 5.32 Å². The van der Waals surface area contributed by atoms with Crippen molar-refractivity contribution in [3.63, 3.8) is 0 Å². The zero-order valence-corrected chi connectivity index (χ0v) is 12.2. The van der Waals surface area contributed by atoms with Crippen molar-refractivity contribution < 1.29 is 9.53 Å². The maximum atomic E-state index is 11.1. The third-order valence-corrected chi connectivity index (χ3v) is 3.33. The molecule has 0 atom stereocenters. The van der Waals surface area contributed by atoms with Gasteiger partial charge in [-0.3, -0.25) is 9.78 Å². The van der Waals surface area contributed by atoms with Gasteiger partial charge in [-0.25, -0.2) is 4.98 Å².